The first-order valence-electron chi connectivity index (χ1n) is 10.2. The predicted molar refractivity (Wildman–Crippen MR) is 114 cm³/mol. The quantitative estimate of drug-likeness (QED) is 0.476. The van der Waals surface area contributed by atoms with Crippen LogP contribution < -0.4 is 4.57 Å². The number of aryl methyl sites for hydroxylation is 4. The van der Waals surface area contributed by atoms with E-state index < -0.39 is 0 Å². The molecule has 1 aliphatic rings. The lowest BCUT2D eigenvalue weighted by atomic mass is 9.90. The van der Waals surface area contributed by atoms with Crippen LogP contribution in [0, 0.1) is 20.8 Å². The lowest BCUT2D eigenvalue weighted by molar-refractivity contribution is -0.660. The summed E-state index contributed by atoms with van der Waals surface area (Å²) >= 11 is 0. The number of hydrogen-bond acceptors (Lipinski definition) is 0. The number of aromatic nitrogens is 1. The molecule has 1 fully saturated rings. The second-order valence-electron chi connectivity index (χ2n) is 8.23. The molecule has 1 heteroatoms. The molecular weight excluding hydrogens is 326 g/mol. The van der Waals surface area contributed by atoms with Crippen molar-refractivity contribution in [3.63, 3.8) is 0 Å². The van der Waals surface area contributed by atoms with Crippen molar-refractivity contribution in [3.05, 3.63) is 77.0 Å². The van der Waals surface area contributed by atoms with Gasteiger partial charge in [-0.3, -0.25) is 0 Å². The molecule has 1 aliphatic carbocycles. The fraction of sp³-hybridized carbons (Fsp3) is 0.346. The van der Waals surface area contributed by atoms with E-state index in [-0.39, 0.29) is 0 Å². The molecule has 4 rings (SSSR count). The zero-order chi connectivity index (χ0) is 19.0. The van der Waals surface area contributed by atoms with E-state index in [4.69, 9.17) is 0 Å². The second-order valence-corrected chi connectivity index (χ2v) is 8.23. The molecule has 0 radical (unpaired) electrons. The Hall–Kier alpha value is -2.41. The van der Waals surface area contributed by atoms with Crippen LogP contribution in [0.3, 0.4) is 0 Å². The number of pyridine rings is 1. The van der Waals surface area contributed by atoms with Crippen molar-refractivity contribution in [2.24, 2.45) is 7.05 Å². The molecule has 0 bridgehead atoms. The van der Waals surface area contributed by atoms with Crippen molar-refractivity contribution in [2.75, 3.05) is 0 Å². The number of rotatable bonds is 3. The highest BCUT2D eigenvalue weighted by Gasteiger charge is 2.22. The van der Waals surface area contributed by atoms with Crippen molar-refractivity contribution in [1.29, 1.82) is 0 Å². The molecule has 138 valence electrons. The maximum absolute atomic E-state index is 2.44. The van der Waals surface area contributed by atoms with E-state index in [9.17, 15) is 0 Å². The summed E-state index contributed by atoms with van der Waals surface area (Å²) in [4.78, 5) is 0. The average Bonchev–Trinajstić information content (AvgIpc) is 3.18. The topological polar surface area (TPSA) is 3.88 Å². The molecule has 1 heterocycles. The Bertz CT molecular complexity index is 977. The van der Waals surface area contributed by atoms with Crippen LogP contribution in [0.2, 0.25) is 0 Å². The zero-order valence-electron chi connectivity index (χ0n) is 17.0. The SMILES string of the molecule is Cc1ccccc1-c1cc(-c2cc(C3CCCC3)cc[n+]2C)c(C)cc1C. The molecule has 3 aromatic rings. The van der Waals surface area contributed by atoms with Gasteiger partial charge >= 0.3 is 0 Å². The lowest BCUT2D eigenvalue weighted by Crippen LogP contribution is -2.31. The number of nitrogens with zero attached hydrogens (tertiary/aromatic N) is 1. The maximum Gasteiger partial charge on any atom is 0.212 e. The minimum Gasteiger partial charge on any atom is -0.201 e. The summed E-state index contributed by atoms with van der Waals surface area (Å²) in [6.07, 6.45) is 7.68. The molecular formula is C26H30N+. The van der Waals surface area contributed by atoms with E-state index >= 15 is 0 Å². The summed E-state index contributed by atoms with van der Waals surface area (Å²) in [5.74, 6) is 0.742. The Labute approximate surface area is 163 Å². The van der Waals surface area contributed by atoms with Crippen LogP contribution in [-0.2, 0) is 7.05 Å². The summed E-state index contributed by atoms with van der Waals surface area (Å²) in [6.45, 7) is 6.68. The van der Waals surface area contributed by atoms with Gasteiger partial charge in [0.05, 0.1) is 0 Å². The molecule has 0 aliphatic heterocycles. The van der Waals surface area contributed by atoms with Gasteiger partial charge in [0.25, 0.3) is 0 Å². The van der Waals surface area contributed by atoms with E-state index in [2.05, 4.69) is 87.1 Å². The lowest BCUT2D eigenvalue weighted by Gasteiger charge is -2.15. The van der Waals surface area contributed by atoms with Crippen LogP contribution in [0.4, 0.5) is 0 Å². The second kappa shape index (κ2) is 7.31. The van der Waals surface area contributed by atoms with Crippen LogP contribution >= 0.6 is 0 Å². The van der Waals surface area contributed by atoms with Gasteiger partial charge in [-0.05, 0) is 79.0 Å². The van der Waals surface area contributed by atoms with Gasteiger partial charge in [0, 0.05) is 17.7 Å². The van der Waals surface area contributed by atoms with E-state index in [0.717, 1.165) is 5.92 Å². The smallest absolute Gasteiger partial charge is 0.201 e. The summed E-state index contributed by atoms with van der Waals surface area (Å²) in [7, 11) is 2.17. The minimum absolute atomic E-state index is 0.742. The van der Waals surface area contributed by atoms with Gasteiger partial charge in [-0.25, -0.2) is 4.57 Å². The van der Waals surface area contributed by atoms with Crippen molar-refractivity contribution < 1.29 is 4.57 Å². The third-order valence-electron chi connectivity index (χ3n) is 6.28. The van der Waals surface area contributed by atoms with Gasteiger partial charge in [-0.2, -0.15) is 0 Å². The monoisotopic (exact) mass is 356 g/mol. The number of hydrogen-bond donors (Lipinski definition) is 0. The fourth-order valence-corrected chi connectivity index (χ4v) is 4.66. The highest BCUT2D eigenvalue weighted by Crippen LogP contribution is 2.36. The van der Waals surface area contributed by atoms with Gasteiger partial charge < -0.3 is 0 Å². The van der Waals surface area contributed by atoms with Crippen LogP contribution in [0.1, 0.15) is 53.9 Å². The molecule has 0 N–H and O–H groups in total. The Balaban J connectivity index is 1.86. The zero-order valence-corrected chi connectivity index (χ0v) is 17.0. The summed E-state index contributed by atoms with van der Waals surface area (Å²) in [5, 5.41) is 0. The molecule has 1 saturated carbocycles. The van der Waals surface area contributed by atoms with E-state index in [0.29, 0.717) is 0 Å². The van der Waals surface area contributed by atoms with Gasteiger partial charge in [0.15, 0.2) is 6.20 Å². The van der Waals surface area contributed by atoms with Crippen molar-refractivity contribution in [3.8, 4) is 22.4 Å². The molecule has 1 aromatic heterocycles. The molecule has 0 saturated heterocycles. The summed E-state index contributed by atoms with van der Waals surface area (Å²) in [6, 6.07) is 18.2. The Morgan fingerprint density at radius 2 is 1.44 bits per heavy atom. The highest BCUT2D eigenvalue weighted by atomic mass is 14.9. The Morgan fingerprint density at radius 1 is 0.741 bits per heavy atom. The molecule has 2 aromatic carbocycles. The van der Waals surface area contributed by atoms with Gasteiger partial charge in [0.2, 0.25) is 5.69 Å². The van der Waals surface area contributed by atoms with Crippen LogP contribution in [0.25, 0.3) is 22.4 Å². The predicted octanol–water partition coefficient (Wildman–Crippen LogP) is 6.43. The molecule has 0 amide bonds. The van der Waals surface area contributed by atoms with Gasteiger partial charge in [-0.1, -0.05) is 43.2 Å². The largest absolute Gasteiger partial charge is 0.212 e. The summed E-state index contributed by atoms with van der Waals surface area (Å²) < 4.78 is 2.28. The van der Waals surface area contributed by atoms with E-state index in [1.807, 2.05) is 0 Å². The third-order valence-corrected chi connectivity index (χ3v) is 6.28. The molecule has 0 atom stereocenters. The van der Waals surface area contributed by atoms with Gasteiger partial charge in [0.1, 0.15) is 7.05 Å². The first kappa shape index (κ1) is 18.0. The van der Waals surface area contributed by atoms with E-state index in [1.54, 1.807) is 0 Å². The van der Waals surface area contributed by atoms with Crippen molar-refractivity contribution >= 4 is 0 Å². The molecule has 1 nitrogen and oxygen atoms in total. The van der Waals surface area contributed by atoms with Crippen molar-refractivity contribution in [2.45, 2.75) is 52.4 Å². The molecule has 0 spiro atoms. The first-order valence-corrected chi connectivity index (χ1v) is 10.2. The normalized spacial score (nSPS) is 14.7. The standard InChI is InChI=1S/C26H30N/c1-18-9-5-8-12-23(18)24-17-25(20(3)15-19(24)2)26-16-22(13-14-27(26)4)21-10-6-7-11-21/h5,8-9,12-17,21H,6-7,10-11H2,1-4H3/q+1. The fourth-order valence-electron chi connectivity index (χ4n) is 4.66. The molecule has 27 heavy (non-hydrogen) atoms. The van der Waals surface area contributed by atoms with Crippen LogP contribution in [0.5, 0.6) is 0 Å². The Morgan fingerprint density at radius 3 is 2.19 bits per heavy atom. The number of benzene rings is 2. The first-order chi connectivity index (χ1) is 13.0. The minimum atomic E-state index is 0.742. The maximum atomic E-state index is 2.44. The highest BCUT2D eigenvalue weighted by molar-refractivity contribution is 5.77. The third kappa shape index (κ3) is 3.43. The molecule has 0 unspecified atom stereocenters. The van der Waals surface area contributed by atoms with Crippen molar-refractivity contribution in [1.82, 2.24) is 0 Å². The average molecular weight is 357 g/mol. The van der Waals surface area contributed by atoms with E-state index in [1.165, 1.54) is 70.3 Å². The summed E-state index contributed by atoms with van der Waals surface area (Å²) in [5.41, 5.74) is 10.9. The Kier molecular flexibility index (Phi) is 4.86. The van der Waals surface area contributed by atoms with Crippen LogP contribution in [-0.4, -0.2) is 0 Å². The van der Waals surface area contributed by atoms with Gasteiger partial charge in [-0.15, -0.1) is 0 Å². The van der Waals surface area contributed by atoms with Crippen LogP contribution in [0.15, 0.2) is 54.7 Å².